The molecule has 0 bridgehead atoms. The van der Waals surface area contributed by atoms with Crippen LogP contribution in [0.15, 0.2) is 30.4 Å². The van der Waals surface area contributed by atoms with Crippen LogP contribution in [-0.2, 0) is 11.3 Å². The number of nitro groups is 1. The normalized spacial score (nSPS) is 10.4. The van der Waals surface area contributed by atoms with Gasteiger partial charge in [-0.1, -0.05) is 24.3 Å². The van der Waals surface area contributed by atoms with Crippen LogP contribution in [0, 0.1) is 17.0 Å². The molecule has 0 saturated carbocycles. The molecule has 0 heterocycles. The van der Waals surface area contributed by atoms with Gasteiger partial charge in [0.25, 0.3) is 5.69 Å². The van der Waals surface area contributed by atoms with Gasteiger partial charge in [-0.2, -0.15) is 0 Å². The highest BCUT2D eigenvalue weighted by molar-refractivity contribution is 5.44. The summed E-state index contributed by atoms with van der Waals surface area (Å²) in [6.45, 7) is 9.91. The molecule has 0 aliphatic carbocycles. The van der Waals surface area contributed by atoms with E-state index < -0.39 is 0 Å². The Morgan fingerprint density at radius 2 is 2.26 bits per heavy atom. The van der Waals surface area contributed by atoms with Gasteiger partial charge in [-0.25, -0.2) is 0 Å². The highest BCUT2D eigenvalue weighted by Crippen LogP contribution is 2.20. The minimum absolute atomic E-state index is 0.165. The van der Waals surface area contributed by atoms with Crippen molar-refractivity contribution in [2.75, 3.05) is 19.8 Å². The fourth-order valence-electron chi connectivity index (χ4n) is 1.67. The minimum atomic E-state index is -0.352. The van der Waals surface area contributed by atoms with E-state index in [-0.39, 0.29) is 10.6 Å². The molecule has 1 rings (SSSR count). The summed E-state index contributed by atoms with van der Waals surface area (Å²) >= 11 is 0. The lowest BCUT2D eigenvalue weighted by Gasteiger charge is -2.08. The second kappa shape index (κ2) is 7.66. The van der Waals surface area contributed by atoms with Gasteiger partial charge in [0.05, 0.1) is 18.1 Å². The maximum atomic E-state index is 10.8. The van der Waals surface area contributed by atoms with Crippen LogP contribution in [0.2, 0.25) is 0 Å². The topological polar surface area (TPSA) is 64.4 Å². The van der Waals surface area contributed by atoms with E-state index in [2.05, 4.69) is 11.9 Å². The number of hydrogen-bond acceptors (Lipinski definition) is 4. The van der Waals surface area contributed by atoms with Crippen LogP contribution in [-0.4, -0.2) is 24.7 Å². The molecule has 0 aliphatic rings. The summed E-state index contributed by atoms with van der Waals surface area (Å²) in [6.07, 6.45) is 0. The number of ether oxygens (including phenoxy) is 1. The Hall–Kier alpha value is -1.72. The number of nitrogens with zero attached hydrogens (tertiary/aromatic N) is 1. The highest BCUT2D eigenvalue weighted by atomic mass is 16.6. The van der Waals surface area contributed by atoms with Crippen molar-refractivity contribution in [2.24, 2.45) is 0 Å². The Balaban J connectivity index is 2.39. The second-order valence-corrected chi connectivity index (χ2v) is 4.50. The highest BCUT2D eigenvalue weighted by Gasteiger charge is 2.12. The smallest absolute Gasteiger partial charge is 0.272 e. The lowest BCUT2D eigenvalue weighted by molar-refractivity contribution is -0.385. The van der Waals surface area contributed by atoms with E-state index in [0.29, 0.717) is 31.9 Å². The van der Waals surface area contributed by atoms with Crippen LogP contribution in [0.1, 0.15) is 18.1 Å². The van der Waals surface area contributed by atoms with Gasteiger partial charge < -0.3 is 10.1 Å². The van der Waals surface area contributed by atoms with Crippen LogP contribution in [0.4, 0.5) is 5.69 Å². The SMILES string of the molecule is C=C(C)COCCNCc1cccc([N+](=O)[O-])c1C. The third-order valence-corrected chi connectivity index (χ3v) is 2.70. The van der Waals surface area contributed by atoms with Gasteiger partial charge in [-0.05, 0) is 19.4 Å². The number of nitrogens with one attached hydrogen (secondary N) is 1. The molecule has 0 aliphatic heterocycles. The van der Waals surface area contributed by atoms with Gasteiger partial charge >= 0.3 is 0 Å². The lowest BCUT2D eigenvalue weighted by atomic mass is 10.1. The molecular formula is C14H20N2O3. The fraction of sp³-hybridized carbons (Fsp3) is 0.429. The van der Waals surface area contributed by atoms with Gasteiger partial charge in [0.2, 0.25) is 0 Å². The second-order valence-electron chi connectivity index (χ2n) is 4.50. The summed E-state index contributed by atoms with van der Waals surface area (Å²) in [5.74, 6) is 0. The quantitative estimate of drug-likeness (QED) is 0.339. The van der Waals surface area contributed by atoms with Crippen LogP contribution in [0.5, 0.6) is 0 Å². The maximum Gasteiger partial charge on any atom is 0.272 e. The Morgan fingerprint density at radius 3 is 2.89 bits per heavy atom. The predicted octanol–water partition coefficient (Wildman–Crippen LogP) is 2.59. The Labute approximate surface area is 113 Å². The third kappa shape index (κ3) is 5.19. The summed E-state index contributed by atoms with van der Waals surface area (Å²) < 4.78 is 5.35. The average molecular weight is 264 g/mol. The lowest BCUT2D eigenvalue weighted by Crippen LogP contribution is -2.20. The first kappa shape index (κ1) is 15.3. The molecule has 1 aromatic carbocycles. The molecule has 0 spiro atoms. The van der Waals surface area contributed by atoms with E-state index in [1.807, 2.05) is 13.0 Å². The summed E-state index contributed by atoms with van der Waals surface area (Å²) in [5.41, 5.74) is 2.81. The first-order valence-electron chi connectivity index (χ1n) is 6.18. The number of benzene rings is 1. The summed E-state index contributed by atoms with van der Waals surface area (Å²) in [5, 5.41) is 14.0. The molecule has 19 heavy (non-hydrogen) atoms. The van der Waals surface area contributed by atoms with Crippen molar-refractivity contribution in [2.45, 2.75) is 20.4 Å². The molecule has 0 radical (unpaired) electrons. The van der Waals surface area contributed by atoms with Crippen LogP contribution >= 0.6 is 0 Å². The summed E-state index contributed by atoms with van der Waals surface area (Å²) in [7, 11) is 0. The van der Waals surface area contributed by atoms with Gasteiger partial charge in [-0.15, -0.1) is 0 Å². The Kier molecular flexibility index (Phi) is 6.18. The first-order chi connectivity index (χ1) is 9.02. The zero-order chi connectivity index (χ0) is 14.3. The Bertz CT molecular complexity index is 458. The van der Waals surface area contributed by atoms with Gasteiger partial charge in [0, 0.05) is 24.7 Å². The van der Waals surface area contributed by atoms with E-state index in [0.717, 1.165) is 11.1 Å². The Morgan fingerprint density at radius 1 is 1.53 bits per heavy atom. The molecule has 1 aromatic rings. The van der Waals surface area contributed by atoms with Crippen LogP contribution in [0.3, 0.4) is 0 Å². The largest absolute Gasteiger partial charge is 0.376 e. The summed E-state index contributed by atoms with van der Waals surface area (Å²) in [4.78, 5) is 10.5. The average Bonchev–Trinajstić information content (AvgIpc) is 2.34. The van der Waals surface area contributed by atoms with Crippen molar-refractivity contribution >= 4 is 5.69 Å². The van der Waals surface area contributed by atoms with E-state index in [1.165, 1.54) is 6.07 Å². The van der Waals surface area contributed by atoms with Crippen molar-refractivity contribution in [3.05, 3.63) is 51.6 Å². The van der Waals surface area contributed by atoms with E-state index >= 15 is 0 Å². The van der Waals surface area contributed by atoms with Crippen LogP contribution < -0.4 is 5.32 Å². The van der Waals surface area contributed by atoms with Crippen molar-refractivity contribution in [1.29, 1.82) is 0 Å². The molecule has 1 N–H and O–H groups in total. The number of hydrogen-bond donors (Lipinski definition) is 1. The molecule has 0 unspecified atom stereocenters. The maximum absolute atomic E-state index is 10.8. The van der Waals surface area contributed by atoms with Gasteiger partial charge in [0.15, 0.2) is 0 Å². The number of nitro benzene ring substituents is 1. The first-order valence-corrected chi connectivity index (χ1v) is 6.18. The fourth-order valence-corrected chi connectivity index (χ4v) is 1.67. The zero-order valence-electron chi connectivity index (χ0n) is 11.4. The molecule has 0 amide bonds. The number of rotatable bonds is 8. The zero-order valence-corrected chi connectivity index (χ0v) is 11.4. The minimum Gasteiger partial charge on any atom is -0.376 e. The van der Waals surface area contributed by atoms with Crippen LogP contribution in [0.25, 0.3) is 0 Å². The van der Waals surface area contributed by atoms with E-state index in [4.69, 9.17) is 4.74 Å². The monoisotopic (exact) mass is 264 g/mol. The summed E-state index contributed by atoms with van der Waals surface area (Å²) in [6, 6.07) is 5.12. The molecule has 5 nitrogen and oxygen atoms in total. The molecular weight excluding hydrogens is 244 g/mol. The molecule has 0 saturated heterocycles. The van der Waals surface area contributed by atoms with E-state index in [9.17, 15) is 10.1 Å². The molecule has 0 fully saturated rings. The van der Waals surface area contributed by atoms with Crippen molar-refractivity contribution in [1.82, 2.24) is 5.32 Å². The van der Waals surface area contributed by atoms with E-state index in [1.54, 1.807) is 13.0 Å². The van der Waals surface area contributed by atoms with Crippen molar-refractivity contribution in [3.8, 4) is 0 Å². The third-order valence-electron chi connectivity index (χ3n) is 2.70. The molecule has 104 valence electrons. The molecule has 0 atom stereocenters. The van der Waals surface area contributed by atoms with Gasteiger partial charge in [-0.3, -0.25) is 10.1 Å². The van der Waals surface area contributed by atoms with Crippen molar-refractivity contribution < 1.29 is 9.66 Å². The van der Waals surface area contributed by atoms with Gasteiger partial charge in [0.1, 0.15) is 0 Å². The predicted molar refractivity (Wildman–Crippen MR) is 75.2 cm³/mol. The molecule has 0 aromatic heterocycles. The molecule has 5 heteroatoms. The van der Waals surface area contributed by atoms with Crippen molar-refractivity contribution in [3.63, 3.8) is 0 Å². The standard InChI is InChI=1S/C14H20N2O3/c1-11(2)10-19-8-7-15-9-13-5-4-6-14(12(13)3)16(17)18/h4-6,15H,1,7-10H2,2-3H3.